The molecule has 0 fully saturated rings. The molecular weight excluding hydrogens is 245 g/mol. The number of rotatable bonds is 2. The molecule has 0 radical (unpaired) electrons. The van der Waals surface area contributed by atoms with Crippen molar-refractivity contribution in [2.45, 2.75) is 26.4 Å². The van der Waals surface area contributed by atoms with Crippen LogP contribution in [0.1, 0.15) is 26.3 Å². The van der Waals surface area contributed by atoms with Crippen molar-refractivity contribution in [1.82, 2.24) is 0 Å². The van der Waals surface area contributed by atoms with E-state index in [1.807, 2.05) is 20.8 Å². The predicted molar refractivity (Wildman–Crippen MR) is 68.9 cm³/mol. The number of benzene rings is 1. The summed E-state index contributed by atoms with van der Waals surface area (Å²) in [5.41, 5.74) is 4.67. The van der Waals surface area contributed by atoms with Gasteiger partial charge >= 0.3 is 0 Å². The molecule has 0 aliphatic carbocycles. The molecule has 3 N–H and O–H groups in total. The summed E-state index contributed by atoms with van der Waals surface area (Å²) in [5.74, 6) is 0. The Morgan fingerprint density at radius 1 is 1.25 bits per heavy atom. The van der Waals surface area contributed by atoms with Gasteiger partial charge in [-0.05, 0) is 23.6 Å². The normalized spacial score (nSPS) is 15.9. The molecule has 0 spiro atoms. The van der Waals surface area contributed by atoms with Gasteiger partial charge in [0.1, 0.15) is 5.60 Å². The van der Waals surface area contributed by atoms with Crippen molar-refractivity contribution in [3.63, 3.8) is 0 Å². The Morgan fingerprint density at radius 2 is 1.81 bits per heavy atom. The van der Waals surface area contributed by atoms with Gasteiger partial charge < -0.3 is 10.8 Å². The maximum absolute atomic E-state index is 10.7. The second-order valence-electron chi connectivity index (χ2n) is 4.94. The summed E-state index contributed by atoms with van der Waals surface area (Å²) in [6.07, 6.45) is 0. The summed E-state index contributed by atoms with van der Waals surface area (Å²) < 4.78 is 0. The highest BCUT2D eigenvalue weighted by atomic mass is 35.5. The molecule has 1 rings (SSSR count). The van der Waals surface area contributed by atoms with Crippen LogP contribution in [0.5, 0.6) is 0 Å². The zero-order chi connectivity index (χ0) is 12.6. The van der Waals surface area contributed by atoms with Crippen molar-refractivity contribution >= 4 is 23.2 Å². The monoisotopic (exact) mass is 261 g/mol. The lowest BCUT2D eigenvalue weighted by Gasteiger charge is -2.40. The molecule has 0 heterocycles. The van der Waals surface area contributed by atoms with Crippen LogP contribution in [0.2, 0.25) is 10.0 Å². The summed E-state index contributed by atoms with van der Waals surface area (Å²) in [4.78, 5) is 0. The fourth-order valence-electron chi connectivity index (χ4n) is 1.63. The third kappa shape index (κ3) is 2.35. The van der Waals surface area contributed by atoms with Crippen LogP contribution >= 0.6 is 23.2 Å². The topological polar surface area (TPSA) is 46.2 Å². The van der Waals surface area contributed by atoms with Gasteiger partial charge in [-0.25, -0.2) is 0 Å². The largest absolute Gasteiger partial charge is 0.383 e. The van der Waals surface area contributed by atoms with Crippen molar-refractivity contribution in [3.05, 3.63) is 33.8 Å². The van der Waals surface area contributed by atoms with E-state index in [2.05, 4.69) is 0 Å². The van der Waals surface area contributed by atoms with Crippen LogP contribution in [0.15, 0.2) is 18.2 Å². The molecular formula is C12H17Cl2NO. The Balaban J connectivity index is 3.39. The van der Waals surface area contributed by atoms with E-state index in [4.69, 9.17) is 28.9 Å². The number of hydrogen-bond acceptors (Lipinski definition) is 2. The van der Waals surface area contributed by atoms with Gasteiger partial charge in [-0.2, -0.15) is 0 Å². The van der Waals surface area contributed by atoms with Gasteiger partial charge in [-0.3, -0.25) is 0 Å². The first kappa shape index (κ1) is 13.8. The third-order valence-corrected chi connectivity index (χ3v) is 3.47. The number of nitrogens with two attached hydrogens (primary N) is 1. The van der Waals surface area contributed by atoms with E-state index in [1.54, 1.807) is 18.2 Å². The Kier molecular flexibility index (Phi) is 3.91. The van der Waals surface area contributed by atoms with Crippen LogP contribution in [0.25, 0.3) is 0 Å². The molecule has 0 aliphatic rings. The average Bonchev–Trinajstić information content (AvgIpc) is 2.19. The summed E-state index contributed by atoms with van der Waals surface area (Å²) in [6.45, 7) is 5.84. The van der Waals surface area contributed by atoms with Gasteiger partial charge in [0.2, 0.25) is 0 Å². The number of halogens is 2. The highest BCUT2D eigenvalue weighted by Crippen LogP contribution is 2.42. The summed E-state index contributed by atoms with van der Waals surface area (Å²) in [6, 6.07) is 5.03. The van der Waals surface area contributed by atoms with E-state index >= 15 is 0 Å². The first-order valence-electron chi connectivity index (χ1n) is 5.10. The average molecular weight is 262 g/mol. The molecule has 0 saturated heterocycles. The third-order valence-electron chi connectivity index (χ3n) is 2.91. The lowest BCUT2D eigenvalue weighted by atomic mass is 9.72. The van der Waals surface area contributed by atoms with Gasteiger partial charge in [-0.15, -0.1) is 0 Å². The maximum atomic E-state index is 10.7. The molecule has 16 heavy (non-hydrogen) atoms. The molecule has 0 aliphatic heterocycles. The van der Waals surface area contributed by atoms with Crippen LogP contribution in [-0.2, 0) is 5.60 Å². The summed E-state index contributed by atoms with van der Waals surface area (Å²) in [5, 5.41) is 11.7. The molecule has 0 amide bonds. The van der Waals surface area contributed by atoms with Gasteiger partial charge in [0.15, 0.2) is 0 Å². The van der Waals surface area contributed by atoms with Crippen LogP contribution in [0, 0.1) is 5.41 Å². The minimum Gasteiger partial charge on any atom is -0.383 e. The molecule has 1 atom stereocenters. The predicted octanol–water partition coefficient (Wildman–Crippen LogP) is 3.19. The van der Waals surface area contributed by atoms with Gasteiger partial charge in [-0.1, -0.05) is 44.0 Å². The van der Waals surface area contributed by atoms with E-state index in [1.165, 1.54) is 0 Å². The summed E-state index contributed by atoms with van der Waals surface area (Å²) in [7, 11) is 0. The van der Waals surface area contributed by atoms with Gasteiger partial charge in [0.25, 0.3) is 0 Å². The highest BCUT2D eigenvalue weighted by Gasteiger charge is 2.41. The van der Waals surface area contributed by atoms with Crippen LogP contribution in [-0.4, -0.2) is 11.7 Å². The zero-order valence-electron chi connectivity index (χ0n) is 9.72. The molecule has 0 aromatic heterocycles. The SMILES string of the molecule is CC(C)(C)C(O)(CN)c1cc(Cl)ccc1Cl. The van der Waals surface area contributed by atoms with Crippen molar-refractivity contribution in [1.29, 1.82) is 0 Å². The van der Waals surface area contributed by atoms with Crippen molar-refractivity contribution in [3.8, 4) is 0 Å². The molecule has 90 valence electrons. The molecule has 2 nitrogen and oxygen atoms in total. The molecule has 0 saturated carbocycles. The fourth-order valence-corrected chi connectivity index (χ4v) is 2.08. The zero-order valence-corrected chi connectivity index (χ0v) is 11.2. The molecule has 1 aromatic rings. The Bertz CT molecular complexity index is 387. The molecule has 1 unspecified atom stereocenters. The second kappa shape index (κ2) is 4.53. The van der Waals surface area contributed by atoms with Crippen LogP contribution in [0.4, 0.5) is 0 Å². The summed E-state index contributed by atoms with van der Waals surface area (Å²) >= 11 is 12.0. The molecule has 4 heteroatoms. The minimum absolute atomic E-state index is 0.0938. The molecule has 1 aromatic carbocycles. The maximum Gasteiger partial charge on any atom is 0.108 e. The Morgan fingerprint density at radius 3 is 2.25 bits per heavy atom. The number of aliphatic hydroxyl groups is 1. The first-order valence-corrected chi connectivity index (χ1v) is 5.86. The van der Waals surface area contributed by atoms with Crippen molar-refractivity contribution in [2.24, 2.45) is 11.1 Å². The lowest BCUT2D eigenvalue weighted by molar-refractivity contribution is -0.0556. The van der Waals surface area contributed by atoms with E-state index < -0.39 is 11.0 Å². The highest BCUT2D eigenvalue weighted by molar-refractivity contribution is 6.33. The van der Waals surface area contributed by atoms with Crippen molar-refractivity contribution < 1.29 is 5.11 Å². The van der Waals surface area contributed by atoms with Gasteiger partial charge in [0, 0.05) is 22.2 Å². The van der Waals surface area contributed by atoms with E-state index in [9.17, 15) is 5.11 Å². The Labute approximate surface area is 106 Å². The van der Waals surface area contributed by atoms with E-state index in [-0.39, 0.29) is 6.54 Å². The molecule has 0 bridgehead atoms. The quantitative estimate of drug-likeness (QED) is 0.859. The fraction of sp³-hybridized carbons (Fsp3) is 0.500. The lowest BCUT2D eigenvalue weighted by Crippen LogP contribution is -2.46. The standard InChI is InChI=1S/C12H17Cl2NO/c1-11(2,3)12(16,7-15)9-6-8(13)4-5-10(9)14/h4-6,16H,7,15H2,1-3H3. The van der Waals surface area contributed by atoms with Gasteiger partial charge in [0.05, 0.1) is 0 Å². The second-order valence-corrected chi connectivity index (χ2v) is 5.78. The first-order chi connectivity index (χ1) is 7.22. The van der Waals surface area contributed by atoms with E-state index in [0.717, 1.165) is 0 Å². The Hall–Kier alpha value is -0.280. The van der Waals surface area contributed by atoms with Crippen LogP contribution in [0.3, 0.4) is 0 Å². The smallest absolute Gasteiger partial charge is 0.108 e. The number of hydrogen-bond donors (Lipinski definition) is 2. The van der Waals surface area contributed by atoms with E-state index in [0.29, 0.717) is 15.6 Å². The minimum atomic E-state index is -1.19. The van der Waals surface area contributed by atoms with Crippen molar-refractivity contribution in [2.75, 3.05) is 6.54 Å². The van der Waals surface area contributed by atoms with Crippen LogP contribution < -0.4 is 5.73 Å².